The van der Waals surface area contributed by atoms with Crippen LogP contribution in [0.4, 0.5) is 17.6 Å². The number of aryl methyl sites for hydroxylation is 1. The van der Waals surface area contributed by atoms with Crippen LogP contribution in [0.3, 0.4) is 0 Å². The molecule has 3 rings (SSSR count). The number of ether oxygens (including phenoxy) is 1. The molecule has 148 valence electrons. The lowest BCUT2D eigenvalue weighted by atomic mass is 9.98. The third kappa shape index (κ3) is 4.36. The molecule has 0 radical (unpaired) electrons. The van der Waals surface area contributed by atoms with Crippen LogP contribution in [-0.4, -0.2) is 21.0 Å². The summed E-state index contributed by atoms with van der Waals surface area (Å²) in [7, 11) is -3.68. The van der Waals surface area contributed by atoms with Crippen LogP contribution in [0, 0.1) is 12.7 Å². The minimum Gasteiger partial charge on any atom is -0.406 e. The third-order valence-electron chi connectivity index (χ3n) is 4.02. The van der Waals surface area contributed by atoms with Crippen molar-refractivity contribution in [3.05, 3.63) is 58.5 Å². The molecule has 0 unspecified atom stereocenters. The van der Waals surface area contributed by atoms with Crippen LogP contribution >= 0.6 is 11.3 Å². The van der Waals surface area contributed by atoms with E-state index in [9.17, 15) is 26.0 Å². The number of hydrogen-bond acceptors (Lipinski definition) is 4. The van der Waals surface area contributed by atoms with E-state index in [4.69, 9.17) is 0 Å². The molecule has 0 aliphatic carbocycles. The summed E-state index contributed by atoms with van der Waals surface area (Å²) in [6.45, 7) is 1.50. The molecule has 28 heavy (non-hydrogen) atoms. The molecule has 0 N–H and O–H groups in total. The summed E-state index contributed by atoms with van der Waals surface area (Å²) in [4.78, 5) is -0.391. The first-order valence-corrected chi connectivity index (χ1v) is 10.7. The van der Waals surface area contributed by atoms with E-state index in [2.05, 4.69) is 4.74 Å². The van der Waals surface area contributed by atoms with Crippen LogP contribution in [0.15, 0.2) is 52.1 Å². The highest BCUT2D eigenvalue weighted by Crippen LogP contribution is 2.38. The second kappa shape index (κ2) is 7.21. The molecule has 0 aliphatic rings. The summed E-state index contributed by atoms with van der Waals surface area (Å²) in [5.74, 6) is -1.15. The molecule has 1 aromatic heterocycles. The molecule has 2 aromatic carbocycles. The van der Waals surface area contributed by atoms with Gasteiger partial charge in [-0.05, 0) is 58.6 Å². The van der Waals surface area contributed by atoms with E-state index in [-0.39, 0.29) is 5.75 Å². The van der Waals surface area contributed by atoms with Crippen LogP contribution in [0.5, 0.6) is 5.75 Å². The molecule has 0 bridgehead atoms. The maximum Gasteiger partial charge on any atom is 0.573 e. The fraction of sp³-hybridized carbons (Fsp3) is 0.158. The number of hydrogen-bond donors (Lipinski definition) is 0. The van der Waals surface area contributed by atoms with Gasteiger partial charge < -0.3 is 4.74 Å². The van der Waals surface area contributed by atoms with Gasteiger partial charge in [-0.2, -0.15) is 11.3 Å². The molecule has 3 aromatic rings. The van der Waals surface area contributed by atoms with Crippen LogP contribution in [0.1, 0.15) is 5.56 Å². The lowest BCUT2D eigenvalue weighted by Crippen LogP contribution is -2.17. The average molecular weight is 430 g/mol. The van der Waals surface area contributed by atoms with Crippen molar-refractivity contribution in [1.82, 2.24) is 0 Å². The Hall–Kier alpha value is -2.39. The highest BCUT2D eigenvalue weighted by atomic mass is 32.2. The zero-order chi connectivity index (χ0) is 20.7. The van der Waals surface area contributed by atoms with Crippen LogP contribution in [-0.2, 0) is 9.84 Å². The molecule has 0 fully saturated rings. The zero-order valence-electron chi connectivity index (χ0n) is 14.7. The molecule has 0 aliphatic heterocycles. The SMILES string of the molecule is Cc1cc(-c2cscc2-c2ccc(S(C)(=O)=O)c(F)c2)ccc1OC(F)(F)F. The lowest BCUT2D eigenvalue weighted by Gasteiger charge is -2.13. The smallest absolute Gasteiger partial charge is 0.406 e. The number of benzene rings is 2. The van der Waals surface area contributed by atoms with E-state index in [1.165, 1.54) is 42.5 Å². The van der Waals surface area contributed by atoms with Crippen molar-refractivity contribution in [1.29, 1.82) is 0 Å². The number of rotatable bonds is 4. The predicted octanol–water partition coefficient (Wildman–Crippen LogP) is 5.83. The summed E-state index contributed by atoms with van der Waals surface area (Å²) in [6.07, 6.45) is -3.85. The van der Waals surface area contributed by atoms with Gasteiger partial charge in [0.05, 0.1) is 0 Å². The van der Waals surface area contributed by atoms with Gasteiger partial charge in [-0.3, -0.25) is 0 Å². The molecule has 0 saturated heterocycles. The van der Waals surface area contributed by atoms with Gasteiger partial charge in [-0.25, -0.2) is 12.8 Å². The van der Waals surface area contributed by atoms with E-state index in [0.717, 1.165) is 12.3 Å². The predicted molar refractivity (Wildman–Crippen MR) is 99.7 cm³/mol. The van der Waals surface area contributed by atoms with Crippen molar-refractivity contribution in [2.45, 2.75) is 18.2 Å². The van der Waals surface area contributed by atoms with Crippen LogP contribution < -0.4 is 4.74 Å². The van der Waals surface area contributed by atoms with Crippen molar-refractivity contribution in [2.24, 2.45) is 0 Å². The van der Waals surface area contributed by atoms with Gasteiger partial charge in [0, 0.05) is 17.4 Å². The van der Waals surface area contributed by atoms with E-state index in [1.54, 1.807) is 16.8 Å². The second-order valence-electron chi connectivity index (χ2n) is 6.14. The summed E-state index contributed by atoms with van der Waals surface area (Å²) >= 11 is 1.34. The van der Waals surface area contributed by atoms with Gasteiger partial charge in [-0.15, -0.1) is 13.2 Å². The summed E-state index contributed by atoms with van der Waals surface area (Å²) in [6, 6.07) is 8.10. The topological polar surface area (TPSA) is 43.4 Å². The zero-order valence-corrected chi connectivity index (χ0v) is 16.3. The molecular weight excluding hydrogens is 416 g/mol. The maximum absolute atomic E-state index is 14.2. The molecule has 0 amide bonds. The fourth-order valence-corrected chi connectivity index (χ4v) is 4.36. The molecule has 1 heterocycles. The molecule has 0 saturated carbocycles. The molecule has 0 spiro atoms. The Labute approximate surface area is 163 Å². The molecule has 3 nitrogen and oxygen atoms in total. The van der Waals surface area contributed by atoms with Gasteiger partial charge in [0.1, 0.15) is 16.5 Å². The Morgan fingerprint density at radius 3 is 2.04 bits per heavy atom. The van der Waals surface area contributed by atoms with Crippen molar-refractivity contribution < 1.29 is 30.7 Å². The van der Waals surface area contributed by atoms with Gasteiger partial charge >= 0.3 is 6.36 Å². The Morgan fingerprint density at radius 1 is 0.964 bits per heavy atom. The van der Waals surface area contributed by atoms with Gasteiger partial charge in [0.25, 0.3) is 0 Å². The molecule has 0 atom stereocenters. The first-order chi connectivity index (χ1) is 13.0. The van der Waals surface area contributed by atoms with Crippen LogP contribution in [0.25, 0.3) is 22.3 Å². The summed E-state index contributed by atoms with van der Waals surface area (Å²) in [5, 5.41) is 3.55. The summed E-state index contributed by atoms with van der Waals surface area (Å²) < 4.78 is 78.7. The second-order valence-corrected chi connectivity index (χ2v) is 8.87. The lowest BCUT2D eigenvalue weighted by molar-refractivity contribution is -0.274. The first kappa shape index (κ1) is 20.3. The normalized spacial score (nSPS) is 12.2. The summed E-state index contributed by atoms with van der Waals surface area (Å²) in [5.41, 5.74) is 2.74. The number of thiophene rings is 1. The van der Waals surface area contributed by atoms with E-state index < -0.39 is 26.9 Å². The largest absolute Gasteiger partial charge is 0.573 e. The Morgan fingerprint density at radius 2 is 1.54 bits per heavy atom. The van der Waals surface area contributed by atoms with E-state index >= 15 is 0 Å². The van der Waals surface area contributed by atoms with Crippen molar-refractivity contribution in [3.63, 3.8) is 0 Å². The highest BCUT2D eigenvalue weighted by molar-refractivity contribution is 7.90. The maximum atomic E-state index is 14.2. The molecular formula is C19H14F4O3S2. The van der Waals surface area contributed by atoms with Gasteiger partial charge in [0.2, 0.25) is 0 Å². The average Bonchev–Trinajstić information content (AvgIpc) is 3.04. The van der Waals surface area contributed by atoms with E-state index in [0.29, 0.717) is 27.8 Å². The van der Waals surface area contributed by atoms with Gasteiger partial charge in [-0.1, -0.05) is 12.1 Å². The quantitative estimate of drug-likeness (QED) is 0.489. The minimum atomic E-state index is -4.78. The van der Waals surface area contributed by atoms with Gasteiger partial charge in [0.15, 0.2) is 9.84 Å². The Kier molecular flexibility index (Phi) is 5.24. The van der Waals surface area contributed by atoms with Crippen molar-refractivity contribution >= 4 is 21.2 Å². The third-order valence-corrected chi connectivity index (χ3v) is 5.89. The number of alkyl halides is 3. The van der Waals surface area contributed by atoms with Crippen molar-refractivity contribution in [2.75, 3.05) is 6.26 Å². The highest BCUT2D eigenvalue weighted by Gasteiger charge is 2.31. The fourth-order valence-electron chi connectivity index (χ4n) is 2.77. The van der Waals surface area contributed by atoms with Crippen LogP contribution in [0.2, 0.25) is 0 Å². The minimum absolute atomic E-state index is 0.295. The monoisotopic (exact) mass is 430 g/mol. The number of halogens is 4. The van der Waals surface area contributed by atoms with E-state index in [1.807, 2.05) is 0 Å². The number of sulfone groups is 1. The first-order valence-electron chi connectivity index (χ1n) is 7.88. The molecule has 9 heteroatoms. The standard InChI is InChI=1S/C19H14F4O3S2/c1-11-7-12(3-5-17(11)26-19(21,22)23)14-9-27-10-15(14)13-4-6-18(16(20)8-13)28(2,24)25/h3-10H,1-2H3. The van der Waals surface area contributed by atoms with Crippen molar-refractivity contribution in [3.8, 4) is 28.0 Å². The Balaban J connectivity index is 2.01. The Bertz CT molecular complexity index is 1130.